The van der Waals surface area contributed by atoms with Gasteiger partial charge in [0.1, 0.15) is 0 Å². The molecule has 0 aromatic heterocycles. The Hall–Kier alpha value is 0.965. The monoisotopic (exact) mass is 211 g/mol. The van der Waals surface area contributed by atoms with Crippen LogP contribution in [0.3, 0.4) is 0 Å². The molecule has 0 bridgehead atoms. The second-order valence-electron chi connectivity index (χ2n) is 1.03. The first kappa shape index (κ1) is 6.96. The number of hydrogen-bond acceptors (Lipinski definition) is 0. The highest BCUT2D eigenvalue weighted by Gasteiger charge is 1.79. The van der Waals surface area contributed by atoms with Crippen LogP contribution >= 0.6 is 30.8 Å². The van der Waals surface area contributed by atoms with Crippen molar-refractivity contribution in [3.05, 3.63) is 11.9 Å². The highest BCUT2D eigenvalue weighted by molar-refractivity contribution is 14.1. The van der Waals surface area contributed by atoms with E-state index in [1.807, 2.05) is 6.92 Å². The molecule has 0 aromatic carbocycles. The second-order valence-corrected chi connectivity index (χ2v) is 4.26. The van der Waals surface area contributed by atoms with Crippen molar-refractivity contribution in [1.29, 1.82) is 0 Å². The first-order chi connectivity index (χ1) is 2.77. The van der Waals surface area contributed by atoms with Crippen molar-refractivity contribution in [3.63, 3.8) is 0 Å². The van der Waals surface area contributed by atoms with Crippen LogP contribution in [0.1, 0.15) is 6.92 Å². The molecule has 1 atom stereocenters. The topological polar surface area (TPSA) is 0 Å². The van der Waals surface area contributed by atoms with Crippen molar-refractivity contribution < 1.29 is 0 Å². The average molecular weight is 211 g/mol. The van der Waals surface area contributed by atoms with Crippen LogP contribution in [0.15, 0.2) is 11.9 Å². The largest absolute Gasteiger partial charge is 0.234 e. The number of allylic oxidation sites excluding steroid dienone is 1. The molecule has 1 radical (unpaired) electrons. The third-order valence-corrected chi connectivity index (χ3v) is 1.84. The van der Waals surface area contributed by atoms with E-state index in [1.54, 1.807) is 0 Å². The minimum Gasteiger partial charge on any atom is -0.151 e. The molecular formula is C3H6BIP. The van der Waals surface area contributed by atoms with E-state index in [-0.39, 0.29) is 0 Å². The van der Waals surface area contributed by atoms with E-state index in [1.165, 1.54) is 5.31 Å². The Morgan fingerprint density at radius 2 is 2.50 bits per heavy atom. The molecule has 6 heavy (non-hydrogen) atoms. The molecule has 0 aliphatic rings. The van der Waals surface area contributed by atoms with Crippen molar-refractivity contribution >= 4 is 35.7 Å². The Morgan fingerprint density at radius 3 is 2.50 bits per heavy atom. The van der Waals surface area contributed by atoms with Gasteiger partial charge in [0, 0.05) is 0 Å². The van der Waals surface area contributed by atoms with Crippen molar-refractivity contribution in [3.8, 4) is 0 Å². The molecule has 0 amide bonds. The van der Waals surface area contributed by atoms with Gasteiger partial charge in [0.25, 0.3) is 0 Å². The zero-order chi connectivity index (χ0) is 4.99. The maximum Gasteiger partial charge on any atom is 0.234 e. The summed E-state index contributed by atoms with van der Waals surface area (Å²) in [5.41, 5.74) is 0. The van der Waals surface area contributed by atoms with E-state index in [0.29, 0.717) is 0 Å². The van der Waals surface area contributed by atoms with Crippen LogP contribution in [0.2, 0.25) is 0 Å². The van der Waals surface area contributed by atoms with Crippen LogP contribution in [0.5, 0.6) is 0 Å². The Morgan fingerprint density at radius 1 is 2.00 bits per heavy atom. The Labute approximate surface area is 54.6 Å². The summed E-state index contributed by atoms with van der Waals surface area (Å²) in [5, 5.41) is 1.25. The summed E-state index contributed by atoms with van der Waals surface area (Å²) in [7, 11) is 0.839. The lowest BCUT2D eigenvalue weighted by Crippen LogP contribution is -1.57. The molecule has 0 nitrogen and oxygen atoms in total. The molecule has 33 valence electrons. The maximum atomic E-state index is 3.72. The molecular weight excluding hydrogens is 205 g/mol. The van der Waals surface area contributed by atoms with Crippen molar-refractivity contribution in [2.45, 2.75) is 6.92 Å². The third-order valence-electron chi connectivity index (χ3n) is 0.301. The molecule has 3 heteroatoms. The van der Waals surface area contributed by atoms with Crippen LogP contribution in [0.25, 0.3) is 0 Å². The zero-order valence-electron chi connectivity index (χ0n) is 3.66. The summed E-state index contributed by atoms with van der Waals surface area (Å²) in [6.45, 7) is 5.76. The average Bonchev–Trinajstić information content (AvgIpc) is 1.35. The van der Waals surface area contributed by atoms with Crippen molar-refractivity contribution in [2.75, 3.05) is 0 Å². The minimum absolute atomic E-state index is 0.839. The summed E-state index contributed by atoms with van der Waals surface area (Å²) in [6, 6.07) is 0. The summed E-state index contributed by atoms with van der Waals surface area (Å²) in [5.74, 6) is 0. The van der Waals surface area contributed by atoms with Gasteiger partial charge < -0.3 is 0 Å². The summed E-state index contributed by atoms with van der Waals surface area (Å²) in [4.78, 5) is 2.10. The molecule has 0 fully saturated rings. The molecule has 0 aliphatic heterocycles. The Bertz CT molecular complexity index is 54.8. The third kappa shape index (κ3) is 4.96. The number of rotatable bonds is 2. The summed E-state index contributed by atoms with van der Waals surface area (Å²) >= 11 is 2.23. The lowest BCUT2D eigenvalue weighted by atomic mass is 10.7. The molecule has 0 spiro atoms. The van der Waals surface area contributed by atoms with Gasteiger partial charge in [-0.15, -0.1) is 8.46 Å². The van der Waals surface area contributed by atoms with Crippen molar-refractivity contribution in [1.82, 2.24) is 0 Å². The molecule has 0 saturated carbocycles. The van der Waals surface area contributed by atoms with Gasteiger partial charge in [-0.05, 0) is 6.92 Å². The van der Waals surface area contributed by atoms with Gasteiger partial charge >= 0.3 is 0 Å². The first-order valence-electron chi connectivity index (χ1n) is 1.61. The predicted molar refractivity (Wildman–Crippen MR) is 42.9 cm³/mol. The summed E-state index contributed by atoms with van der Waals surface area (Å²) < 4.78 is 0. The van der Waals surface area contributed by atoms with Gasteiger partial charge in [0.15, 0.2) is 0 Å². The van der Waals surface area contributed by atoms with Crippen molar-refractivity contribution in [2.24, 2.45) is 0 Å². The number of hydrogen-bond donors (Lipinski definition) is 0. The Balaban J connectivity index is 2.83. The van der Waals surface area contributed by atoms with E-state index in [2.05, 4.69) is 33.8 Å². The SMILES string of the molecule is C=C(C)P[B]I. The summed E-state index contributed by atoms with van der Waals surface area (Å²) in [6.07, 6.45) is 0. The second kappa shape index (κ2) is 4.13. The van der Waals surface area contributed by atoms with Gasteiger partial charge in [0.05, 0.1) is 0 Å². The zero-order valence-corrected chi connectivity index (χ0v) is 6.82. The molecule has 0 aromatic rings. The fourth-order valence-electron chi connectivity index (χ4n) is 0.0931. The van der Waals surface area contributed by atoms with Gasteiger partial charge in [-0.2, -0.15) is 22.4 Å². The van der Waals surface area contributed by atoms with E-state index in [0.717, 1.165) is 8.46 Å². The van der Waals surface area contributed by atoms with Crippen LogP contribution in [-0.4, -0.2) is 4.86 Å². The van der Waals surface area contributed by atoms with Gasteiger partial charge in [-0.25, -0.2) is 0 Å². The quantitative estimate of drug-likeness (QED) is 0.372. The molecule has 0 heterocycles. The minimum atomic E-state index is 0.839. The highest BCUT2D eigenvalue weighted by Crippen LogP contribution is 2.19. The molecule has 0 aliphatic carbocycles. The van der Waals surface area contributed by atoms with Crippen LogP contribution in [0.4, 0.5) is 0 Å². The van der Waals surface area contributed by atoms with Gasteiger partial charge in [-0.3, -0.25) is 0 Å². The standard InChI is InChI=1S/C3H6BIP/c1-3(2)6-4-5/h6H,1H2,2H3. The van der Waals surface area contributed by atoms with E-state index < -0.39 is 0 Å². The Kier molecular flexibility index (Phi) is 4.80. The van der Waals surface area contributed by atoms with E-state index >= 15 is 0 Å². The predicted octanol–water partition coefficient (Wildman–Crippen LogP) is 2.17. The number of halogens is 1. The van der Waals surface area contributed by atoms with E-state index in [9.17, 15) is 0 Å². The highest BCUT2D eigenvalue weighted by atomic mass is 127. The smallest absolute Gasteiger partial charge is 0.151 e. The lowest BCUT2D eigenvalue weighted by Gasteiger charge is -1.85. The molecule has 1 unspecified atom stereocenters. The lowest BCUT2D eigenvalue weighted by molar-refractivity contribution is 1.73. The van der Waals surface area contributed by atoms with Gasteiger partial charge in [0.2, 0.25) is 4.86 Å². The van der Waals surface area contributed by atoms with Gasteiger partial charge in [-0.1, -0.05) is 11.9 Å². The fraction of sp³-hybridized carbons (Fsp3) is 0.333. The first-order valence-corrected chi connectivity index (χ1v) is 3.93. The fourth-order valence-corrected chi connectivity index (χ4v) is 1.87. The molecule has 0 saturated heterocycles. The van der Waals surface area contributed by atoms with Crippen LogP contribution < -0.4 is 0 Å². The molecule has 0 rings (SSSR count). The van der Waals surface area contributed by atoms with E-state index in [4.69, 9.17) is 0 Å². The van der Waals surface area contributed by atoms with Crippen LogP contribution in [-0.2, 0) is 0 Å². The van der Waals surface area contributed by atoms with Crippen LogP contribution in [0, 0.1) is 0 Å². The maximum absolute atomic E-state index is 3.72. The normalized spacial score (nSPS) is 9.67. The molecule has 0 N–H and O–H groups in total.